The van der Waals surface area contributed by atoms with Gasteiger partial charge in [-0.1, -0.05) is 12.1 Å². The lowest BCUT2D eigenvalue weighted by Gasteiger charge is -2.03. The number of hydrogen-bond donors (Lipinski definition) is 0. The number of aryl methyl sites for hydroxylation is 1. The number of rotatable bonds is 5. The van der Waals surface area contributed by atoms with Crippen LogP contribution in [0.2, 0.25) is 4.55 Å². The standard InChI is InChI=1S/C10H13O.BrH.Mg/c1-3-9-5-7-10(8-6-9)11-4-2;;/h5-8H,1,3-4H2,2H3;1H;/q;;+1/p-1. The minimum Gasteiger partial charge on any atom is -0.494 e. The molecule has 0 aromatic heterocycles. The van der Waals surface area contributed by atoms with Gasteiger partial charge in [-0.05, 0) is 31.0 Å². The van der Waals surface area contributed by atoms with Gasteiger partial charge < -0.3 is 17.6 Å². The summed E-state index contributed by atoms with van der Waals surface area (Å²) in [6.45, 7) is 2.75. The molecule has 13 heavy (non-hydrogen) atoms. The molecule has 0 fully saturated rings. The average molecular weight is 253 g/mol. The Labute approximate surface area is 95.5 Å². The zero-order valence-corrected chi connectivity index (χ0v) is 10.9. The highest BCUT2D eigenvalue weighted by Crippen LogP contribution is 2.13. The summed E-state index contributed by atoms with van der Waals surface area (Å²) in [4.78, 5) is 0. The van der Waals surface area contributed by atoms with E-state index in [0.717, 1.165) is 12.4 Å². The smallest absolute Gasteiger partial charge is 0.468 e. The van der Waals surface area contributed by atoms with Crippen LogP contribution in [0.5, 0.6) is 5.75 Å². The molecule has 0 atom stereocenters. The summed E-state index contributed by atoms with van der Waals surface area (Å²) in [5.41, 5.74) is 1.41. The van der Waals surface area contributed by atoms with E-state index in [-0.39, 0.29) is 18.2 Å². The maximum atomic E-state index is 5.36. The van der Waals surface area contributed by atoms with E-state index < -0.39 is 0 Å². The van der Waals surface area contributed by atoms with E-state index in [4.69, 9.17) is 4.74 Å². The molecule has 1 nitrogen and oxygen atoms in total. The topological polar surface area (TPSA) is 9.23 Å². The highest BCUT2D eigenvalue weighted by atomic mass is 79.9. The molecular formula is C10H13BrMgO. The van der Waals surface area contributed by atoms with Crippen molar-refractivity contribution >= 4 is 31.1 Å². The fourth-order valence-corrected chi connectivity index (χ4v) is 2.57. The lowest BCUT2D eigenvalue weighted by Crippen LogP contribution is -1.92. The zero-order valence-electron chi connectivity index (χ0n) is 7.92. The lowest BCUT2D eigenvalue weighted by molar-refractivity contribution is 0.340. The summed E-state index contributed by atoms with van der Waals surface area (Å²) in [5, 5.41) is 0. The van der Waals surface area contributed by atoms with E-state index in [0.29, 0.717) is 0 Å². The van der Waals surface area contributed by atoms with E-state index in [2.05, 4.69) is 37.1 Å². The quantitative estimate of drug-likeness (QED) is 0.733. The first kappa shape index (κ1) is 11.3. The number of hydrogen-bond acceptors (Lipinski definition) is 1. The van der Waals surface area contributed by atoms with Crippen molar-refractivity contribution in [1.29, 1.82) is 0 Å². The first-order valence-corrected chi connectivity index (χ1v) is 9.54. The van der Waals surface area contributed by atoms with Crippen molar-refractivity contribution in [1.82, 2.24) is 0 Å². The Morgan fingerprint density at radius 3 is 2.54 bits per heavy atom. The SMILES string of the molecule is CCOc1ccc(C[CH2][Mg][Br])cc1. The van der Waals surface area contributed by atoms with Crippen LogP contribution in [0, 0.1) is 0 Å². The van der Waals surface area contributed by atoms with Crippen molar-refractivity contribution in [3.63, 3.8) is 0 Å². The molecule has 0 aliphatic rings. The van der Waals surface area contributed by atoms with Crippen molar-refractivity contribution in [3.05, 3.63) is 29.8 Å². The molecule has 0 N–H and O–H groups in total. The molecule has 0 aliphatic carbocycles. The summed E-state index contributed by atoms with van der Waals surface area (Å²) in [5.74, 6) is 0.974. The largest absolute Gasteiger partial charge is 0.494 e. The van der Waals surface area contributed by atoms with Gasteiger partial charge in [-0.2, -0.15) is 0 Å². The van der Waals surface area contributed by atoms with Crippen LogP contribution in [-0.2, 0) is 6.42 Å². The van der Waals surface area contributed by atoms with Crippen LogP contribution in [0.25, 0.3) is 0 Å². The average Bonchev–Trinajstić information content (AvgIpc) is 2.17. The molecule has 0 radical (unpaired) electrons. The van der Waals surface area contributed by atoms with Crippen molar-refractivity contribution in [3.8, 4) is 5.75 Å². The molecule has 68 valence electrons. The summed E-state index contributed by atoms with van der Waals surface area (Å²) >= 11 is 3.59. The first-order chi connectivity index (χ1) is 6.36. The molecule has 0 heterocycles. The fraction of sp³-hybridized carbons (Fsp3) is 0.400. The Balaban J connectivity index is 2.48. The Hall–Kier alpha value is 0.266. The van der Waals surface area contributed by atoms with Gasteiger partial charge in [0.05, 0.1) is 6.61 Å². The number of halogens is 1. The van der Waals surface area contributed by atoms with Crippen LogP contribution in [-0.4, -0.2) is 24.8 Å². The second-order valence-electron chi connectivity index (χ2n) is 2.87. The van der Waals surface area contributed by atoms with E-state index >= 15 is 0 Å². The van der Waals surface area contributed by atoms with Gasteiger partial charge in [0, 0.05) is 0 Å². The second kappa shape index (κ2) is 6.68. The molecule has 1 aromatic carbocycles. The third kappa shape index (κ3) is 4.34. The van der Waals surface area contributed by atoms with Crippen LogP contribution in [0.3, 0.4) is 0 Å². The van der Waals surface area contributed by atoms with Crippen LogP contribution in [0.15, 0.2) is 24.3 Å². The summed E-state index contributed by atoms with van der Waals surface area (Å²) in [7, 11) is 0. The Morgan fingerprint density at radius 1 is 1.31 bits per heavy atom. The van der Waals surface area contributed by atoms with Crippen LogP contribution >= 0.6 is 12.9 Å². The number of benzene rings is 1. The molecule has 0 aliphatic heterocycles. The zero-order chi connectivity index (χ0) is 9.52. The van der Waals surface area contributed by atoms with Gasteiger partial charge in [0.2, 0.25) is 0 Å². The third-order valence-electron chi connectivity index (χ3n) is 1.83. The van der Waals surface area contributed by atoms with Gasteiger partial charge in [-0.25, -0.2) is 0 Å². The molecule has 0 saturated carbocycles. The molecule has 3 heteroatoms. The maximum absolute atomic E-state index is 5.36. The third-order valence-corrected chi connectivity index (χ3v) is 4.14. The van der Waals surface area contributed by atoms with Gasteiger partial charge in [0.25, 0.3) is 0 Å². The van der Waals surface area contributed by atoms with Gasteiger partial charge in [-0.15, -0.1) is 4.55 Å². The lowest BCUT2D eigenvalue weighted by atomic mass is 10.2. The number of ether oxygens (including phenoxy) is 1. The first-order valence-electron chi connectivity index (χ1n) is 4.64. The Morgan fingerprint density at radius 2 is 2.00 bits per heavy atom. The predicted molar refractivity (Wildman–Crippen MR) is 60.8 cm³/mol. The summed E-state index contributed by atoms with van der Waals surface area (Å²) < 4.78 is 6.69. The molecule has 0 bridgehead atoms. The maximum Gasteiger partial charge on any atom is 0.468 e. The molecule has 0 saturated heterocycles. The van der Waals surface area contributed by atoms with E-state index in [9.17, 15) is 0 Å². The normalized spacial score (nSPS) is 9.38. The predicted octanol–water partition coefficient (Wildman–Crippen LogP) is 3.06. The minimum atomic E-state index is 0.0321. The molecule has 0 unspecified atom stereocenters. The van der Waals surface area contributed by atoms with Crippen LogP contribution in [0.4, 0.5) is 0 Å². The van der Waals surface area contributed by atoms with Crippen molar-refractivity contribution < 1.29 is 4.74 Å². The van der Waals surface area contributed by atoms with E-state index in [1.165, 1.54) is 16.5 Å². The van der Waals surface area contributed by atoms with Gasteiger partial charge in [0.15, 0.2) is 0 Å². The highest BCUT2D eigenvalue weighted by molar-refractivity contribution is 9.23. The van der Waals surface area contributed by atoms with E-state index in [1.807, 2.05) is 6.92 Å². The molecule has 0 spiro atoms. The van der Waals surface area contributed by atoms with E-state index in [1.54, 1.807) is 0 Å². The second-order valence-corrected chi connectivity index (χ2v) is 6.33. The molecular weight excluding hydrogens is 240 g/mol. The Bertz CT molecular complexity index is 235. The monoisotopic (exact) mass is 252 g/mol. The minimum absolute atomic E-state index is 0.0321. The van der Waals surface area contributed by atoms with Crippen LogP contribution < -0.4 is 4.74 Å². The van der Waals surface area contributed by atoms with Gasteiger partial charge >= 0.3 is 18.2 Å². The van der Waals surface area contributed by atoms with Gasteiger partial charge in [-0.3, -0.25) is 0 Å². The van der Waals surface area contributed by atoms with Gasteiger partial charge in [0.1, 0.15) is 5.75 Å². The van der Waals surface area contributed by atoms with Crippen molar-refractivity contribution in [2.24, 2.45) is 0 Å². The van der Waals surface area contributed by atoms with Crippen molar-refractivity contribution in [2.45, 2.75) is 17.9 Å². The van der Waals surface area contributed by atoms with Crippen LogP contribution in [0.1, 0.15) is 12.5 Å². The highest BCUT2D eigenvalue weighted by Gasteiger charge is 1.95. The molecule has 1 rings (SSSR count). The summed E-state index contributed by atoms with van der Waals surface area (Å²) in [6, 6.07) is 8.41. The van der Waals surface area contributed by atoms with Crippen molar-refractivity contribution in [2.75, 3.05) is 6.61 Å². The summed E-state index contributed by atoms with van der Waals surface area (Å²) in [6.07, 6.45) is 1.20. The molecule has 0 amide bonds. The fourth-order valence-electron chi connectivity index (χ4n) is 1.19. The Kier molecular flexibility index (Phi) is 5.83. The molecule has 1 aromatic rings.